The summed E-state index contributed by atoms with van der Waals surface area (Å²) in [6, 6.07) is 15.2. The summed E-state index contributed by atoms with van der Waals surface area (Å²) >= 11 is 2.26. The molecule has 0 saturated heterocycles. The third kappa shape index (κ3) is 6.61. The molecule has 25 heavy (non-hydrogen) atoms. The standard InChI is InChI=1S/C17H20INO4SSi/c1-24(20,21)19-15-10-14(17(11-18)23-25-2)8-9-16(15)22-12-13-6-4-3-5-7-13/h3-10,17,19H,11-12H2,1-2H3/t17-/m0/s1. The molecule has 0 amide bonds. The Morgan fingerprint density at radius 1 is 1.20 bits per heavy atom. The molecule has 1 atom stereocenters. The van der Waals surface area contributed by atoms with Crippen LogP contribution in [0.5, 0.6) is 5.75 Å². The van der Waals surface area contributed by atoms with Gasteiger partial charge in [0, 0.05) is 4.43 Å². The number of sulfonamides is 1. The van der Waals surface area contributed by atoms with Crippen LogP contribution in [0.15, 0.2) is 48.5 Å². The summed E-state index contributed by atoms with van der Waals surface area (Å²) in [4.78, 5) is 0. The molecule has 2 radical (unpaired) electrons. The highest BCUT2D eigenvalue weighted by atomic mass is 127. The van der Waals surface area contributed by atoms with E-state index in [1.54, 1.807) is 12.1 Å². The molecule has 0 heterocycles. The van der Waals surface area contributed by atoms with Crippen molar-refractivity contribution in [2.75, 3.05) is 15.4 Å². The number of benzene rings is 2. The predicted octanol–water partition coefficient (Wildman–Crippen LogP) is 3.80. The highest BCUT2D eigenvalue weighted by molar-refractivity contribution is 14.1. The fourth-order valence-corrected chi connectivity index (χ4v) is 4.31. The van der Waals surface area contributed by atoms with E-state index in [1.165, 1.54) is 0 Å². The van der Waals surface area contributed by atoms with E-state index in [0.29, 0.717) is 27.8 Å². The van der Waals surface area contributed by atoms with Gasteiger partial charge >= 0.3 is 0 Å². The van der Waals surface area contributed by atoms with E-state index >= 15 is 0 Å². The van der Waals surface area contributed by atoms with Crippen molar-refractivity contribution in [3.05, 3.63) is 59.7 Å². The van der Waals surface area contributed by atoms with Gasteiger partial charge in [-0.05, 0) is 29.8 Å². The molecule has 8 heteroatoms. The average molecular weight is 489 g/mol. The van der Waals surface area contributed by atoms with Crippen LogP contribution in [0.1, 0.15) is 17.2 Å². The lowest BCUT2D eigenvalue weighted by Crippen LogP contribution is -2.13. The molecule has 0 spiro atoms. The van der Waals surface area contributed by atoms with Gasteiger partial charge in [0.25, 0.3) is 0 Å². The monoisotopic (exact) mass is 489 g/mol. The van der Waals surface area contributed by atoms with Crippen molar-refractivity contribution in [3.8, 4) is 5.75 Å². The smallest absolute Gasteiger partial charge is 0.229 e. The van der Waals surface area contributed by atoms with Crippen molar-refractivity contribution >= 4 is 48.1 Å². The van der Waals surface area contributed by atoms with Crippen molar-refractivity contribution in [1.29, 1.82) is 0 Å². The summed E-state index contributed by atoms with van der Waals surface area (Å²) < 4.78 is 38.3. The average Bonchev–Trinajstić information content (AvgIpc) is 2.58. The van der Waals surface area contributed by atoms with Crippen molar-refractivity contribution in [3.63, 3.8) is 0 Å². The highest BCUT2D eigenvalue weighted by Crippen LogP contribution is 2.31. The van der Waals surface area contributed by atoms with Crippen molar-refractivity contribution in [1.82, 2.24) is 0 Å². The maximum absolute atomic E-state index is 11.7. The van der Waals surface area contributed by atoms with Crippen LogP contribution in [-0.4, -0.2) is 28.9 Å². The fourth-order valence-electron chi connectivity index (χ4n) is 2.22. The summed E-state index contributed by atoms with van der Waals surface area (Å²) in [6.45, 7) is 2.33. The molecule has 2 aromatic carbocycles. The Morgan fingerprint density at radius 2 is 1.92 bits per heavy atom. The van der Waals surface area contributed by atoms with Gasteiger partial charge in [-0.25, -0.2) is 8.42 Å². The summed E-state index contributed by atoms with van der Waals surface area (Å²) in [7, 11) is -3.05. The maximum atomic E-state index is 11.7. The molecule has 1 N–H and O–H groups in total. The molecule has 0 aliphatic carbocycles. The second kappa shape index (κ2) is 9.55. The summed E-state index contributed by atoms with van der Waals surface area (Å²) in [5.74, 6) is 0.490. The topological polar surface area (TPSA) is 64.6 Å². The quantitative estimate of drug-likeness (QED) is 0.331. The minimum atomic E-state index is -3.42. The largest absolute Gasteiger partial charge is 0.487 e. The number of nitrogens with one attached hydrogen (secondary N) is 1. The first-order chi connectivity index (χ1) is 11.9. The summed E-state index contributed by atoms with van der Waals surface area (Å²) in [6.07, 6.45) is 1.05. The molecule has 2 rings (SSSR count). The third-order valence-electron chi connectivity index (χ3n) is 3.31. The molecule has 0 saturated carbocycles. The SMILES string of the molecule is C[Si]O[C@@H](CI)c1ccc(OCc2ccccc2)c(NS(C)(=O)=O)c1. The number of anilines is 1. The Labute approximate surface area is 165 Å². The predicted molar refractivity (Wildman–Crippen MR) is 110 cm³/mol. The van der Waals surface area contributed by atoms with Gasteiger partial charge in [-0.1, -0.05) is 59.0 Å². The Kier molecular flexibility index (Phi) is 7.72. The van der Waals surface area contributed by atoms with E-state index in [4.69, 9.17) is 9.16 Å². The highest BCUT2D eigenvalue weighted by Gasteiger charge is 2.15. The fraction of sp³-hybridized carbons (Fsp3) is 0.294. The lowest BCUT2D eigenvalue weighted by Gasteiger charge is -2.18. The second-order valence-electron chi connectivity index (χ2n) is 5.37. The number of hydrogen-bond acceptors (Lipinski definition) is 4. The van der Waals surface area contributed by atoms with Crippen LogP contribution >= 0.6 is 22.6 Å². The van der Waals surface area contributed by atoms with Gasteiger partial charge in [0.15, 0.2) is 0 Å². The van der Waals surface area contributed by atoms with Crippen molar-refractivity contribution in [2.45, 2.75) is 19.3 Å². The molecule has 2 aromatic rings. The van der Waals surface area contributed by atoms with Gasteiger partial charge in [-0.3, -0.25) is 4.72 Å². The maximum Gasteiger partial charge on any atom is 0.229 e. The molecule has 0 aromatic heterocycles. The third-order valence-corrected chi connectivity index (χ3v) is 5.22. The zero-order chi connectivity index (χ0) is 18.3. The zero-order valence-corrected chi connectivity index (χ0v) is 18.0. The van der Waals surface area contributed by atoms with Crippen LogP contribution in [0.2, 0.25) is 6.55 Å². The molecular weight excluding hydrogens is 469 g/mol. The molecule has 0 aliphatic rings. The van der Waals surface area contributed by atoms with Gasteiger partial charge < -0.3 is 9.16 Å². The van der Waals surface area contributed by atoms with Crippen LogP contribution in [0.4, 0.5) is 5.69 Å². The van der Waals surface area contributed by atoms with Gasteiger partial charge in [0.1, 0.15) is 12.4 Å². The first-order valence-corrected chi connectivity index (χ1v) is 12.4. The minimum Gasteiger partial charge on any atom is -0.487 e. The van der Waals surface area contributed by atoms with Gasteiger partial charge in [0.05, 0.1) is 18.0 Å². The van der Waals surface area contributed by atoms with Crippen molar-refractivity contribution < 1.29 is 17.6 Å². The van der Waals surface area contributed by atoms with Crippen LogP contribution in [0.3, 0.4) is 0 Å². The van der Waals surface area contributed by atoms with Gasteiger partial charge in [-0.15, -0.1) is 0 Å². The Morgan fingerprint density at radius 3 is 2.52 bits per heavy atom. The minimum absolute atomic E-state index is 0.0767. The second-order valence-corrected chi connectivity index (χ2v) is 8.64. The zero-order valence-electron chi connectivity index (χ0n) is 14.0. The Bertz CT molecular complexity index is 786. The van der Waals surface area contributed by atoms with E-state index in [0.717, 1.165) is 21.8 Å². The Balaban J connectivity index is 2.27. The molecule has 5 nitrogen and oxygen atoms in total. The molecule has 0 unspecified atom stereocenters. The van der Waals surface area contributed by atoms with Crippen LogP contribution in [0, 0.1) is 0 Å². The molecular formula is C17H20INO4SSi. The normalized spacial score (nSPS) is 12.6. The lowest BCUT2D eigenvalue weighted by molar-refractivity contribution is 0.249. The number of rotatable bonds is 9. The van der Waals surface area contributed by atoms with Crippen LogP contribution in [0.25, 0.3) is 0 Å². The van der Waals surface area contributed by atoms with Gasteiger partial charge in [0.2, 0.25) is 19.8 Å². The van der Waals surface area contributed by atoms with E-state index < -0.39 is 10.0 Å². The van der Waals surface area contributed by atoms with E-state index in [1.807, 2.05) is 42.9 Å². The molecule has 134 valence electrons. The summed E-state index contributed by atoms with van der Waals surface area (Å²) in [5.41, 5.74) is 2.35. The van der Waals surface area contributed by atoms with Gasteiger partial charge in [-0.2, -0.15) is 0 Å². The number of halogens is 1. The Hall–Kier alpha value is -1.10. The van der Waals surface area contributed by atoms with E-state index in [-0.39, 0.29) is 6.10 Å². The first-order valence-electron chi connectivity index (χ1n) is 7.59. The molecule has 0 aliphatic heterocycles. The number of ether oxygens (including phenoxy) is 1. The molecule has 0 bridgehead atoms. The van der Waals surface area contributed by atoms with E-state index in [2.05, 4.69) is 27.3 Å². The van der Waals surface area contributed by atoms with Crippen LogP contribution < -0.4 is 9.46 Å². The lowest BCUT2D eigenvalue weighted by atomic mass is 10.1. The number of hydrogen-bond donors (Lipinski definition) is 1. The van der Waals surface area contributed by atoms with E-state index in [9.17, 15) is 8.42 Å². The summed E-state index contributed by atoms with van der Waals surface area (Å²) in [5, 5.41) is 0. The number of alkyl halides is 1. The van der Waals surface area contributed by atoms with Crippen LogP contribution in [-0.2, 0) is 21.1 Å². The van der Waals surface area contributed by atoms with Crippen molar-refractivity contribution in [2.24, 2.45) is 0 Å². The molecule has 0 fully saturated rings. The first kappa shape index (κ1) is 20.2.